The van der Waals surface area contributed by atoms with Crippen LogP contribution in [0.4, 0.5) is 0 Å². The molecule has 0 aliphatic carbocycles. The van der Waals surface area contributed by atoms with Gasteiger partial charge >= 0.3 is 0 Å². The van der Waals surface area contributed by atoms with Crippen LogP contribution in [-0.2, 0) is 11.8 Å². The van der Waals surface area contributed by atoms with Crippen molar-refractivity contribution in [3.05, 3.63) is 70.8 Å². The lowest BCUT2D eigenvalue weighted by Crippen LogP contribution is -2.33. The summed E-state index contributed by atoms with van der Waals surface area (Å²) in [6, 6.07) is 17.1. The van der Waals surface area contributed by atoms with Crippen LogP contribution in [-0.4, -0.2) is 11.8 Å². The predicted molar refractivity (Wildman–Crippen MR) is 89.2 cm³/mol. The normalized spacial score (nSPS) is 11.6. The Hall–Kier alpha value is -0.980. The first-order valence-electron chi connectivity index (χ1n) is 6.84. The molecule has 2 aromatic carbocycles. The Morgan fingerprint density at radius 3 is 2.05 bits per heavy atom. The fourth-order valence-electron chi connectivity index (χ4n) is 2.51. The summed E-state index contributed by atoms with van der Waals surface area (Å²) >= 11 is 12.6. The molecule has 0 aliphatic rings. The number of hydrogen-bond donors (Lipinski definition) is 0. The van der Waals surface area contributed by atoms with E-state index in [0.717, 1.165) is 6.42 Å². The van der Waals surface area contributed by atoms with Crippen molar-refractivity contribution in [2.75, 3.05) is 11.8 Å². The van der Waals surface area contributed by atoms with E-state index in [1.165, 1.54) is 22.3 Å². The highest BCUT2D eigenvalue weighted by molar-refractivity contribution is 6.22. The van der Waals surface area contributed by atoms with Gasteiger partial charge in [0.15, 0.2) is 0 Å². The first-order chi connectivity index (χ1) is 9.59. The van der Waals surface area contributed by atoms with Crippen molar-refractivity contribution in [3.63, 3.8) is 0 Å². The van der Waals surface area contributed by atoms with Crippen LogP contribution < -0.4 is 0 Å². The average molecular weight is 307 g/mol. The maximum absolute atomic E-state index is 6.30. The van der Waals surface area contributed by atoms with Crippen LogP contribution in [0.3, 0.4) is 0 Å². The molecule has 0 atom stereocenters. The smallest absolute Gasteiger partial charge is 0.0335 e. The third-order valence-corrected chi connectivity index (χ3v) is 4.82. The highest BCUT2D eigenvalue weighted by Gasteiger charge is 2.31. The van der Waals surface area contributed by atoms with Gasteiger partial charge in [-0.2, -0.15) is 0 Å². The van der Waals surface area contributed by atoms with Crippen molar-refractivity contribution in [2.45, 2.75) is 25.7 Å². The van der Waals surface area contributed by atoms with Crippen molar-refractivity contribution in [1.29, 1.82) is 0 Å². The fourth-order valence-corrected chi connectivity index (χ4v) is 3.29. The third kappa shape index (κ3) is 3.37. The van der Waals surface area contributed by atoms with E-state index in [0.29, 0.717) is 11.8 Å². The average Bonchev–Trinajstić information content (AvgIpc) is 2.46. The Kier molecular flexibility index (Phi) is 5.12. The maximum atomic E-state index is 6.30. The molecule has 106 valence electrons. The zero-order valence-corrected chi connectivity index (χ0v) is 13.5. The Morgan fingerprint density at radius 2 is 1.50 bits per heavy atom. The second kappa shape index (κ2) is 6.65. The first-order valence-corrected chi connectivity index (χ1v) is 7.91. The minimum absolute atomic E-state index is 0.204. The van der Waals surface area contributed by atoms with Gasteiger partial charge < -0.3 is 0 Å². The van der Waals surface area contributed by atoms with Gasteiger partial charge in [0.2, 0.25) is 0 Å². The number of hydrogen-bond acceptors (Lipinski definition) is 0. The first kappa shape index (κ1) is 15.4. The molecule has 0 N–H and O–H groups in total. The van der Waals surface area contributed by atoms with Crippen LogP contribution in [0.25, 0.3) is 0 Å². The minimum Gasteiger partial charge on any atom is -0.126 e. The number of alkyl halides is 2. The summed E-state index contributed by atoms with van der Waals surface area (Å²) in [4.78, 5) is 0. The zero-order chi connectivity index (χ0) is 14.6. The summed E-state index contributed by atoms with van der Waals surface area (Å²) in [5.41, 5.74) is 4.82. The van der Waals surface area contributed by atoms with Crippen molar-refractivity contribution in [3.8, 4) is 0 Å². The Bertz CT molecular complexity index is 554. The quantitative estimate of drug-likeness (QED) is 0.661. The van der Waals surface area contributed by atoms with Crippen molar-refractivity contribution in [1.82, 2.24) is 0 Å². The highest BCUT2D eigenvalue weighted by Crippen LogP contribution is 2.32. The maximum Gasteiger partial charge on any atom is 0.0335 e. The third-order valence-electron chi connectivity index (χ3n) is 3.80. The molecule has 0 bridgehead atoms. The monoisotopic (exact) mass is 306 g/mol. The van der Waals surface area contributed by atoms with Gasteiger partial charge in [0, 0.05) is 17.2 Å². The number of rotatable bonds is 5. The highest BCUT2D eigenvalue weighted by atomic mass is 35.5. The van der Waals surface area contributed by atoms with E-state index in [-0.39, 0.29) is 5.41 Å². The molecule has 0 saturated heterocycles. The summed E-state index contributed by atoms with van der Waals surface area (Å²) in [7, 11) is 0. The van der Waals surface area contributed by atoms with Crippen LogP contribution in [0.1, 0.15) is 22.3 Å². The molecule has 0 amide bonds. The van der Waals surface area contributed by atoms with Crippen LogP contribution in [0, 0.1) is 13.8 Å². The molecule has 0 spiro atoms. The lowest BCUT2D eigenvalue weighted by molar-refractivity contribution is 0.536. The van der Waals surface area contributed by atoms with Gasteiger partial charge in [0.05, 0.1) is 0 Å². The van der Waals surface area contributed by atoms with E-state index in [2.05, 4.69) is 62.4 Å². The largest absolute Gasteiger partial charge is 0.126 e. The van der Waals surface area contributed by atoms with E-state index < -0.39 is 0 Å². The lowest BCUT2D eigenvalue weighted by Gasteiger charge is -2.30. The van der Waals surface area contributed by atoms with Crippen LogP contribution in [0.2, 0.25) is 0 Å². The van der Waals surface area contributed by atoms with Crippen molar-refractivity contribution in [2.24, 2.45) is 0 Å². The zero-order valence-electron chi connectivity index (χ0n) is 12.0. The summed E-state index contributed by atoms with van der Waals surface area (Å²) in [6.45, 7) is 4.20. The number of halogens is 2. The van der Waals surface area contributed by atoms with Gasteiger partial charge in [-0.3, -0.25) is 0 Å². The van der Waals surface area contributed by atoms with E-state index in [1.54, 1.807) is 0 Å². The molecular formula is C18H20Cl2. The standard InChI is InChI=1S/C18H20Cl2/c1-14-6-8-17(9-7-14)18(12-19,13-20)11-16-5-3-4-15(2)10-16/h3-10H,11-13H2,1-2H3. The van der Waals surface area contributed by atoms with Gasteiger partial charge in [0.1, 0.15) is 0 Å². The van der Waals surface area contributed by atoms with Crippen molar-refractivity contribution < 1.29 is 0 Å². The molecule has 20 heavy (non-hydrogen) atoms. The van der Waals surface area contributed by atoms with E-state index in [1.807, 2.05) is 0 Å². The second-order valence-electron chi connectivity index (χ2n) is 5.58. The molecule has 0 unspecified atom stereocenters. The number of benzene rings is 2. The molecule has 0 fully saturated rings. The summed E-state index contributed by atoms with van der Waals surface area (Å²) in [5.74, 6) is 1.04. The van der Waals surface area contributed by atoms with Gasteiger partial charge in [-0.1, -0.05) is 59.7 Å². The molecular weight excluding hydrogens is 287 g/mol. The molecule has 0 radical (unpaired) electrons. The van der Waals surface area contributed by atoms with Crippen LogP contribution >= 0.6 is 23.2 Å². The molecule has 0 aliphatic heterocycles. The molecule has 0 nitrogen and oxygen atoms in total. The molecule has 2 heteroatoms. The molecule has 2 aromatic rings. The number of aryl methyl sites for hydroxylation is 2. The Labute approximate surface area is 131 Å². The van der Waals surface area contributed by atoms with Gasteiger partial charge in [0.25, 0.3) is 0 Å². The Balaban J connectivity index is 2.36. The lowest BCUT2D eigenvalue weighted by atomic mass is 9.78. The van der Waals surface area contributed by atoms with Gasteiger partial charge in [-0.05, 0) is 31.4 Å². The van der Waals surface area contributed by atoms with E-state index in [4.69, 9.17) is 23.2 Å². The topological polar surface area (TPSA) is 0 Å². The summed E-state index contributed by atoms with van der Waals surface area (Å²) in [5, 5.41) is 0. The summed E-state index contributed by atoms with van der Waals surface area (Å²) in [6.07, 6.45) is 0.866. The SMILES string of the molecule is Cc1ccc(C(CCl)(CCl)Cc2cccc(C)c2)cc1. The fraction of sp³-hybridized carbons (Fsp3) is 0.333. The van der Waals surface area contributed by atoms with Gasteiger partial charge in [-0.15, -0.1) is 23.2 Å². The van der Waals surface area contributed by atoms with Gasteiger partial charge in [-0.25, -0.2) is 0 Å². The van der Waals surface area contributed by atoms with E-state index in [9.17, 15) is 0 Å². The second-order valence-corrected chi connectivity index (χ2v) is 6.11. The van der Waals surface area contributed by atoms with Crippen LogP contribution in [0.5, 0.6) is 0 Å². The summed E-state index contributed by atoms with van der Waals surface area (Å²) < 4.78 is 0. The Morgan fingerprint density at radius 1 is 0.850 bits per heavy atom. The van der Waals surface area contributed by atoms with Crippen molar-refractivity contribution >= 4 is 23.2 Å². The predicted octanol–water partition coefficient (Wildman–Crippen LogP) is 5.26. The molecule has 0 heterocycles. The molecule has 2 rings (SSSR count). The molecule has 0 aromatic heterocycles. The van der Waals surface area contributed by atoms with E-state index >= 15 is 0 Å². The van der Waals surface area contributed by atoms with Crippen LogP contribution in [0.15, 0.2) is 48.5 Å². The minimum atomic E-state index is -0.204. The molecule has 0 saturated carbocycles.